The Morgan fingerprint density at radius 2 is 1.75 bits per heavy atom. The molecule has 2 amide bonds. The van der Waals surface area contributed by atoms with Crippen LogP contribution in [0.4, 0.5) is 5.69 Å². The molecule has 0 fully saturated rings. The van der Waals surface area contributed by atoms with E-state index in [2.05, 4.69) is 26.6 Å². The van der Waals surface area contributed by atoms with Gasteiger partial charge in [-0.25, -0.2) is 0 Å². The van der Waals surface area contributed by atoms with E-state index in [1.807, 2.05) is 30.3 Å². The summed E-state index contributed by atoms with van der Waals surface area (Å²) in [4.78, 5) is 35.8. The number of amides is 2. The first-order valence-corrected chi connectivity index (χ1v) is 10.6. The number of hydrogen-bond acceptors (Lipinski definition) is 4. The second kappa shape index (κ2) is 11.1. The van der Waals surface area contributed by atoms with Gasteiger partial charge in [0.25, 0.3) is 5.91 Å². The highest BCUT2D eigenvalue weighted by Gasteiger charge is 2.09. The predicted octanol–water partition coefficient (Wildman–Crippen LogP) is 4.96. The maximum Gasteiger partial charge on any atom is 0.308 e. The van der Waals surface area contributed by atoms with Crippen LogP contribution in [-0.2, 0) is 16.1 Å². The molecule has 0 aliphatic rings. The van der Waals surface area contributed by atoms with E-state index < -0.39 is 5.97 Å². The zero-order valence-electron chi connectivity index (χ0n) is 17.3. The lowest BCUT2D eigenvalue weighted by atomic mass is 10.1. The van der Waals surface area contributed by atoms with Gasteiger partial charge in [-0.2, -0.15) is 0 Å². The van der Waals surface area contributed by atoms with Crippen LogP contribution in [0.2, 0.25) is 0 Å². The van der Waals surface area contributed by atoms with Crippen molar-refractivity contribution in [2.75, 3.05) is 5.32 Å². The molecule has 2 N–H and O–H groups in total. The number of esters is 1. The maximum absolute atomic E-state index is 12.5. The third-order valence-corrected chi connectivity index (χ3v) is 4.78. The van der Waals surface area contributed by atoms with Crippen LogP contribution in [0.15, 0.2) is 83.3 Å². The normalized spacial score (nSPS) is 10.6. The average Bonchev–Trinajstić information content (AvgIpc) is 2.76. The summed E-state index contributed by atoms with van der Waals surface area (Å²) < 4.78 is 5.96. The highest BCUT2D eigenvalue weighted by Crippen LogP contribution is 2.17. The fourth-order valence-electron chi connectivity index (χ4n) is 2.86. The second-order valence-electron chi connectivity index (χ2n) is 6.88. The molecule has 0 aliphatic carbocycles. The number of hydrogen-bond donors (Lipinski definition) is 2. The number of carbonyl (C=O) groups excluding carboxylic acids is 3. The lowest BCUT2D eigenvalue weighted by Gasteiger charge is -2.09. The summed E-state index contributed by atoms with van der Waals surface area (Å²) in [5.74, 6) is -0.708. The van der Waals surface area contributed by atoms with Gasteiger partial charge in [0, 0.05) is 35.3 Å². The van der Waals surface area contributed by atoms with Crippen LogP contribution in [0.5, 0.6) is 5.75 Å². The van der Waals surface area contributed by atoms with Crippen molar-refractivity contribution in [2.45, 2.75) is 13.5 Å². The van der Waals surface area contributed by atoms with Crippen LogP contribution in [0.1, 0.15) is 28.4 Å². The molecule has 6 nitrogen and oxygen atoms in total. The van der Waals surface area contributed by atoms with Gasteiger partial charge in [-0.15, -0.1) is 0 Å². The summed E-state index contributed by atoms with van der Waals surface area (Å²) in [5.41, 5.74) is 2.70. The number of ether oxygens (including phenoxy) is 1. The summed E-state index contributed by atoms with van der Waals surface area (Å²) >= 11 is 3.40. The Bertz CT molecular complexity index is 1170. The van der Waals surface area contributed by atoms with E-state index in [9.17, 15) is 14.4 Å². The van der Waals surface area contributed by atoms with Crippen LogP contribution in [-0.4, -0.2) is 17.8 Å². The third-order valence-electron chi connectivity index (χ3n) is 4.29. The minimum Gasteiger partial charge on any atom is -0.427 e. The smallest absolute Gasteiger partial charge is 0.308 e. The van der Waals surface area contributed by atoms with E-state index in [0.717, 1.165) is 15.6 Å². The van der Waals surface area contributed by atoms with Crippen molar-refractivity contribution in [3.8, 4) is 5.75 Å². The van der Waals surface area contributed by atoms with Crippen molar-refractivity contribution in [3.63, 3.8) is 0 Å². The first-order chi connectivity index (χ1) is 15.4. The molecule has 0 spiro atoms. The molecule has 0 atom stereocenters. The van der Waals surface area contributed by atoms with Crippen molar-refractivity contribution < 1.29 is 19.1 Å². The van der Waals surface area contributed by atoms with Crippen molar-refractivity contribution in [1.82, 2.24) is 5.32 Å². The number of benzene rings is 3. The van der Waals surface area contributed by atoms with Crippen molar-refractivity contribution in [1.29, 1.82) is 0 Å². The van der Waals surface area contributed by atoms with Gasteiger partial charge in [-0.3, -0.25) is 14.4 Å². The van der Waals surface area contributed by atoms with Crippen molar-refractivity contribution in [2.24, 2.45) is 0 Å². The molecule has 0 aromatic heterocycles. The Kier molecular flexibility index (Phi) is 7.94. The fourth-order valence-corrected chi connectivity index (χ4v) is 3.28. The minimum atomic E-state index is -0.455. The number of rotatable bonds is 7. The van der Waals surface area contributed by atoms with Crippen LogP contribution in [0, 0.1) is 0 Å². The van der Waals surface area contributed by atoms with Crippen molar-refractivity contribution >= 4 is 45.5 Å². The summed E-state index contributed by atoms with van der Waals surface area (Å²) in [6.07, 6.45) is 3.21. The van der Waals surface area contributed by atoms with Gasteiger partial charge >= 0.3 is 5.97 Å². The molecule has 7 heteroatoms. The summed E-state index contributed by atoms with van der Waals surface area (Å²) in [6, 6.07) is 21.2. The maximum atomic E-state index is 12.5. The molecular formula is C25H21BrN2O4. The van der Waals surface area contributed by atoms with Gasteiger partial charge in [-0.1, -0.05) is 46.3 Å². The average molecular weight is 493 g/mol. The highest BCUT2D eigenvalue weighted by atomic mass is 79.9. The molecule has 0 bridgehead atoms. The van der Waals surface area contributed by atoms with Gasteiger partial charge in [0.05, 0.1) is 0 Å². The topological polar surface area (TPSA) is 84.5 Å². The molecule has 0 unspecified atom stereocenters. The van der Waals surface area contributed by atoms with Gasteiger partial charge in [0.2, 0.25) is 5.91 Å². The fraction of sp³-hybridized carbons (Fsp3) is 0.0800. The van der Waals surface area contributed by atoms with Gasteiger partial charge < -0.3 is 15.4 Å². The van der Waals surface area contributed by atoms with E-state index in [-0.39, 0.29) is 11.8 Å². The van der Waals surface area contributed by atoms with Crippen LogP contribution in [0.3, 0.4) is 0 Å². The summed E-state index contributed by atoms with van der Waals surface area (Å²) in [6.45, 7) is 1.61. The molecule has 0 radical (unpaired) electrons. The van der Waals surface area contributed by atoms with E-state index >= 15 is 0 Å². The number of anilines is 1. The van der Waals surface area contributed by atoms with Gasteiger partial charge in [0.1, 0.15) is 5.75 Å². The number of carbonyl (C=O) groups is 3. The Balaban J connectivity index is 1.57. The van der Waals surface area contributed by atoms with E-state index in [1.165, 1.54) is 19.1 Å². The largest absolute Gasteiger partial charge is 0.427 e. The minimum absolute atomic E-state index is 0.221. The highest BCUT2D eigenvalue weighted by molar-refractivity contribution is 9.10. The standard InChI is InChI=1S/C25H21BrN2O4/c1-17(29)32-23-10-4-7-20(15-23)25(31)28-22-9-3-6-19(14-22)16-27-24(30)12-11-18-5-2-8-21(26)13-18/h2-15H,16H2,1H3,(H,27,30)(H,28,31)/b12-11+. The molecule has 0 aliphatic heterocycles. The van der Waals surface area contributed by atoms with Crippen molar-refractivity contribution in [3.05, 3.63) is 100 Å². The molecular weight excluding hydrogens is 472 g/mol. The van der Waals surface area contributed by atoms with E-state index in [4.69, 9.17) is 4.74 Å². The van der Waals surface area contributed by atoms with Gasteiger partial charge in [-0.05, 0) is 59.7 Å². The number of halogens is 1. The van der Waals surface area contributed by atoms with E-state index in [0.29, 0.717) is 23.5 Å². The Morgan fingerprint density at radius 3 is 2.53 bits per heavy atom. The predicted molar refractivity (Wildman–Crippen MR) is 127 cm³/mol. The Morgan fingerprint density at radius 1 is 0.969 bits per heavy atom. The third kappa shape index (κ3) is 7.21. The van der Waals surface area contributed by atoms with Gasteiger partial charge in [0.15, 0.2) is 0 Å². The first kappa shape index (κ1) is 23.0. The molecule has 3 aromatic rings. The summed E-state index contributed by atoms with van der Waals surface area (Å²) in [7, 11) is 0. The molecule has 0 saturated heterocycles. The molecule has 32 heavy (non-hydrogen) atoms. The Labute approximate surface area is 194 Å². The van der Waals surface area contributed by atoms with Crippen LogP contribution in [0.25, 0.3) is 6.08 Å². The lowest BCUT2D eigenvalue weighted by Crippen LogP contribution is -2.20. The zero-order valence-corrected chi connectivity index (χ0v) is 18.9. The number of nitrogens with one attached hydrogen (secondary N) is 2. The molecule has 162 valence electrons. The molecule has 3 rings (SSSR count). The molecule has 0 heterocycles. The zero-order chi connectivity index (χ0) is 22.9. The molecule has 0 saturated carbocycles. The monoisotopic (exact) mass is 492 g/mol. The Hall–Kier alpha value is -3.71. The van der Waals surface area contributed by atoms with Crippen LogP contribution < -0.4 is 15.4 Å². The molecule has 3 aromatic carbocycles. The summed E-state index contributed by atoms with van der Waals surface area (Å²) in [5, 5.41) is 5.63. The van der Waals surface area contributed by atoms with Crippen LogP contribution >= 0.6 is 15.9 Å². The van der Waals surface area contributed by atoms with E-state index in [1.54, 1.807) is 42.5 Å². The SMILES string of the molecule is CC(=O)Oc1cccc(C(=O)Nc2cccc(CNC(=O)/C=C/c3cccc(Br)c3)c2)c1. The quantitative estimate of drug-likeness (QED) is 0.277. The lowest BCUT2D eigenvalue weighted by molar-refractivity contribution is -0.131. The first-order valence-electron chi connectivity index (χ1n) is 9.79. The second-order valence-corrected chi connectivity index (χ2v) is 7.80.